The Labute approximate surface area is 175 Å². The molecule has 3 aromatic rings. The van der Waals surface area contributed by atoms with E-state index in [0.717, 1.165) is 4.88 Å². The molecule has 0 saturated carbocycles. The summed E-state index contributed by atoms with van der Waals surface area (Å²) in [7, 11) is 0. The third-order valence-corrected chi connectivity index (χ3v) is 6.24. The first-order valence-electron chi connectivity index (χ1n) is 9.35. The van der Waals surface area contributed by atoms with Crippen LogP contribution < -0.4 is 5.56 Å². The smallest absolute Gasteiger partial charge is 0.281 e. The van der Waals surface area contributed by atoms with E-state index in [2.05, 4.69) is 14.5 Å². The lowest BCUT2D eigenvalue weighted by atomic mass is 9.91. The quantitative estimate of drug-likeness (QED) is 0.648. The number of hydrogen-bond acceptors (Lipinski definition) is 7. The molecule has 3 aromatic heterocycles. The molecule has 154 valence electrons. The van der Waals surface area contributed by atoms with Crippen molar-refractivity contribution in [1.29, 1.82) is 0 Å². The van der Waals surface area contributed by atoms with E-state index in [-0.39, 0.29) is 18.0 Å². The first-order valence-corrected chi connectivity index (χ1v) is 10.5. The summed E-state index contributed by atoms with van der Waals surface area (Å²) in [4.78, 5) is 32.0. The van der Waals surface area contributed by atoms with Gasteiger partial charge in [-0.1, -0.05) is 11.6 Å². The molecule has 0 bridgehead atoms. The van der Waals surface area contributed by atoms with E-state index in [1.165, 1.54) is 22.4 Å². The molecule has 1 saturated heterocycles. The zero-order valence-corrected chi connectivity index (χ0v) is 17.5. The topological polar surface area (TPSA) is 106 Å². The monoisotopic (exact) mass is 436 g/mol. The summed E-state index contributed by atoms with van der Waals surface area (Å²) >= 11 is 7.03. The van der Waals surface area contributed by atoms with Crippen LogP contribution in [-0.2, 0) is 17.9 Å². The molecule has 4 heterocycles. The van der Waals surface area contributed by atoms with Gasteiger partial charge in [0, 0.05) is 37.1 Å². The van der Waals surface area contributed by atoms with E-state index in [1.54, 1.807) is 21.8 Å². The Hall–Kier alpha value is -2.30. The third-order valence-electron chi connectivity index (χ3n) is 5.30. The molecular formula is C18H21ClN6O3S. The van der Waals surface area contributed by atoms with Crippen LogP contribution in [0.1, 0.15) is 24.1 Å². The Morgan fingerprint density at radius 2 is 2.10 bits per heavy atom. The summed E-state index contributed by atoms with van der Waals surface area (Å²) in [5.74, 6) is 0.0110. The maximum atomic E-state index is 12.6. The Morgan fingerprint density at radius 3 is 2.79 bits per heavy atom. The minimum atomic E-state index is -1.06. The van der Waals surface area contributed by atoms with Gasteiger partial charge in [0.15, 0.2) is 10.7 Å². The number of aromatic nitrogens is 5. The van der Waals surface area contributed by atoms with Crippen LogP contribution in [0.4, 0.5) is 0 Å². The van der Waals surface area contributed by atoms with Crippen molar-refractivity contribution in [3.8, 4) is 0 Å². The van der Waals surface area contributed by atoms with Crippen molar-refractivity contribution in [2.75, 3.05) is 13.1 Å². The first kappa shape index (κ1) is 20.0. The Kier molecular flexibility index (Phi) is 5.41. The molecule has 9 nitrogen and oxygen atoms in total. The van der Waals surface area contributed by atoms with Crippen molar-refractivity contribution in [1.82, 2.24) is 28.6 Å². The number of piperidine rings is 1. The van der Waals surface area contributed by atoms with Crippen molar-refractivity contribution in [3.05, 3.63) is 39.0 Å². The second-order valence-electron chi connectivity index (χ2n) is 7.37. The number of amides is 1. The lowest BCUT2D eigenvalue weighted by molar-refractivity contribution is -0.136. The van der Waals surface area contributed by atoms with Crippen LogP contribution in [0.3, 0.4) is 0 Å². The standard InChI is InChI=1S/C18H21ClN6O3S/c1-12-15-16(22-29-12)17(27)24(11-20-15)10-18(28)4-8-23(9-5-18)14(26)3-7-25-6-2-13(19)21-25/h2,6,11,28H,3-5,7-10H2,1H3. The van der Waals surface area contributed by atoms with E-state index in [9.17, 15) is 14.7 Å². The van der Waals surface area contributed by atoms with Crippen LogP contribution in [0.25, 0.3) is 11.0 Å². The molecule has 1 amide bonds. The molecule has 11 heteroatoms. The van der Waals surface area contributed by atoms with Crippen LogP contribution >= 0.6 is 23.1 Å². The van der Waals surface area contributed by atoms with Gasteiger partial charge in [-0.25, -0.2) is 4.98 Å². The van der Waals surface area contributed by atoms with Crippen molar-refractivity contribution < 1.29 is 9.90 Å². The van der Waals surface area contributed by atoms with E-state index >= 15 is 0 Å². The normalized spacial score (nSPS) is 16.4. The van der Waals surface area contributed by atoms with Crippen LogP contribution in [0.5, 0.6) is 0 Å². The molecule has 0 unspecified atom stereocenters. The summed E-state index contributed by atoms with van der Waals surface area (Å²) in [6, 6.07) is 1.67. The maximum absolute atomic E-state index is 12.6. The predicted molar refractivity (Wildman–Crippen MR) is 109 cm³/mol. The van der Waals surface area contributed by atoms with Gasteiger partial charge in [0.2, 0.25) is 5.91 Å². The lowest BCUT2D eigenvalue weighted by Gasteiger charge is -2.38. The van der Waals surface area contributed by atoms with Crippen molar-refractivity contribution in [3.63, 3.8) is 0 Å². The van der Waals surface area contributed by atoms with Gasteiger partial charge < -0.3 is 10.0 Å². The highest BCUT2D eigenvalue weighted by atomic mass is 35.5. The summed E-state index contributed by atoms with van der Waals surface area (Å²) in [6.07, 6.45) is 4.31. The Bertz CT molecular complexity index is 1100. The number of nitrogens with zero attached hydrogens (tertiary/aromatic N) is 6. The molecule has 0 atom stereocenters. The number of halogens is 1. The van der Waals surface area contributed by atoms with Gasteiger partial charge in [-0.05, 0) is 37.4 Å². The highest BCUT2D eigenvalue weighted by molar-refractivity contribution is 7.07. The van der Waals surface area contributed by atoms with E-state index < -0.39 is 5.60 Å². The van der Waals surface area contributed by atoms with Gasteiger partial charge in [0.25, 0.3) is 5.56 Å². The van der Waals surface area contributed by atoms with Crippen molar-refractivity contribution in [2.24, 2.45) is 0 Å². The maximum Gasteiger partial charge on any atom is 0.281 e. The number of rotatable bonds is 5. The molecule has 29 heavy (non-hydrogen) atoms. The highest BCUT2D eigenvalue weighted by Crippen LogP contribution is 2.25. The summed E-state index contributed by atoms with van der Waals surface area (Å²) in [5, 5.41) is 15.4. The molecule has 1 fully saturated rings. The number of fused-ring (bicyclic) bond motifs is 1. The van der Waals surface area contributed by atoms with Gasteiger partial charge in [-0.3, -0.25) is 18.8 Å². The van der Waals surface area contributed by atoms with E-state index in [0.29, 0.717) is 55.1 Å². The molecular weight excluding hydrogens is 416 g/mol. The number of carbonyl (C=O) groups is 1. The molecule has 1 N–H and O–H groups in total. The van der Waals surface area contributed by atoms with Crippen LogP contribution in [-0.4, -0.2) is 58.3 Å². The van der Waals surface area contributed by atoms with Gasteiger partial charge in [-0.2, -0.15) is 9.47 Å². The fourth-order valence-corrected chi connectivity index (χ4v) is 4.35. The summed E-state index contributed by atoms with van der Waals surface area (Å²) in [6.45, 7) is 3.35. The van der Waals surface area contributed by atoms with E-state index in [1.807, 2.05) is 6.92 Å². The third kappa shape index (κ3) is 4.19. The lowest BCUT2D eigenvalue weighted by Crippen LogP contribution is -2.49. The van der Waals surface area contributed by atoms with Gasteiger partial charge in [-0.15, -0.1) is 0 Å². The second-order valence-corrected chi connectivity index (χ2v) is 8.74. The average molecular weight is 437 g/mol. The zero-order chi connectivity index (χ0) is 20.6. The number of aryl methyl sites for hydroxylation is 2. The zero-order valence-electron chi connectivity index (χ0n) is 15.9. The van der Waals surface area contributed by atoms with Crippen LogP contribution in [0.2, 0.25) is 5.15 Å². The SMILES string of the molecule is Cc1snc2c(=O)n(CC3(O)CCN(C(=O)CCn4ccc(Cl)n4)CC3)cnc12. The molecule has 4 rings (SSSR count). The van der Waals surface area contributed by atoms with Gasteiger partial charge >= 0.3 is 0 Å². The molecule has 0 radical (unpaired) electrons. The first-order chi connectivity index (χ1) is 13.8. The van der Waals surface area contributed by atoms with Crippen molar-refractivity contribution in [2.45, 2.75) is 44.9 Å². The minimum absolute atomic E-state index is 0.0110. The summed E-state index contributed by atoms with van der Waals surface area (Å²) in [5.41, 5.74) is -0.354. The van der Waals surface area contributed by atoms with Crippen molar-refractivity contribution >= 4 is 40.1 Å². The number of likely N-dealkylation sites (tertiary alicyclic amines) is 1. The number of hydrogen-bond donors (Lipinski definition) is 1. The molecule has 0 aliphatic carbocycles. The van der Waals surface area contributed by atoms with Gasteiger partial charge in [0.1, 0.15) is 5.52 Å². The molecule has 1 aliphatic rings. The Balaban J connectivity index is 1.36. The average Bonchev–Trinajstić information content (AvgIpc) is 3.28. The fourth-order valence-electron chi connectivity index (χ4n) is 3.57. The van der Waals surface area contributed by atoms with Crippen LogP contribution in [0, 0.1) is 6.92 Å². The van der Waals surface area contributed by atoms with Gasteiger partial charge in [0.05, 0.1) is 18.5 Å². The summed E-state index contributed by atoms with van der Waals surface area (Å²) < 4.78 is 7.22. The second kappa shape index (κ2) is 7.85. The molecule has 1 aliphatic heterocycles. The largest absolute Gasteiger partial charge is 0.388 e. The Morgan fingerprint density at radius 1 is 1.34 bits per heavy atom. The molecule has 0 aromatic carbocycles. The number of aliphatic hydroxyl groups is 1. The molecule has 0 spiro atoms. The predicted octanol–water partition coefficient (Wildman–Crippen LogP) is 1.46. The highest BCUT2D eigenvalue weighted by Gasteiger charge is 2.34. The fraction of sp³-hybridized carbons (Fsp3) is 0.500. The van der Waals surface area contributed by atoms with Crippen LogP contribution in [0.15, 0.2) is 23.4 Å². The van der Waals surface area contributed by atoms with E-state index in [4.69, 9.17) is 11.6 Å². The number of carbonyl (C=O) groups excluding carboxylic acids is 1. The minimum Gasteiger partial charge on any atom is -0.388 e.